The minimum atomic E-state index is -0.391. The summed E-state index contributed by atoms with van der Waals surface area (Å²) in [4.78, 5) is 38.0. The van der Waals surface area contributed by atoms with Crippen LogP contribution in [0.15, 0.2) is 60.7 Å². The number of nitrogens with one attached hydrogen (secondary N) is 1. The van der Waals surface area contributed by atoms with Crippen LogP contribution < -0.4 is 5.32 Å². The van der Waals surface area contributed by atoms with Crippen molar-refractivity contribution in [1.29, 1.82) is 0 Å². The van der Waals surface area contributed by atoms with Crippen LogP contribution in [0, 0.1) is 5.92 Å². The Labute approximate surface area is 176 Å². The highest BCUT2D eigenvalue weighted by atomic mass is 16.5. The second kappa shape index (κ2) is 10.4. The van der Waals surface area contributed by atoms with Crippen LogP contribution in [0.3, 0.4) is 0 Å². The van der Waals surface area contributed by atoms with Gasteiger partial charge in [-0.25, -0.2) is 4.79 Å². The number of hydrogen-bond acceptors (Lipinski definition) is 4. The molecule has 1 fully saturated rings. The van der Waals surface area contributed by atoms with Crippen molar-refractivity contribution < 1.29 is 19.1 Å². The maximum absolute atomic E-state index is 12.6. The van der Waals surface area contributed by atoms with Gasteiger partial charge < -0.3 is 15.0 Å². The van der Waals surface area contributed by atoms with Gasteiger partial charge in [-0.05, 0) is 42.7 Å². The monoisotopic (exact) mass is 406 g/mol. The molecule has 0 radical (unpaired) electrons. The fourth-order valence-corrected chi connectivity index (χ4v) is 3.35. The number of carbonyl (C=O) groups excluding carboxylic acids is 3. The Morgan fingerprint density at radius 3 is 2.57 bits per heavy atom. The predicted octanol–water partition coefficient (Wildman–Crippen LogP) is 3.29. The molecule has 6 heteroatoms. The van der Waals surface area contributed by atoms with Crippen molar-refractivity contribution in [3.05, 3.63) is 71.8 Å². The number of ether oxygens (including phenoxy) is 1. The van der Waals surface area contributed by atoms with Crippen molar-refractivity contribution in [2.45, 2.75) is 19.8 Å². The summed E-state index contributed by atoms with van der Waals surface area (Å²) in [6.45, 7) is 3.15. The Balaban J connectivity index is 1.49. The maximum Gasteiger partial charge on any atom is 0.330 e. The molecule has 3 rings (SSSR count). The lowest BCUT2D eigenvalue weighted by Crippen LogP contribution is -2.30. The molecule has 2 aromatic rings. The predicted molar refractivity (Wildman–Crippen MR) is 116 cm³/mol. The van der Waals surface area contributed by atoms with Crippen molar-refractivity contribution in [3.63, 3.8) is 0 Å². The standard InChI is InChI=1S/C24H26N2O4/c1-2-30-23(28)13-10-19-8-11-21(12-9-19)25-24(29)20-16-22(27)26(17-20)15-14-18-6-4-3-5-7-18/h3-13,20H,2,14-17H2,1H3,(H,25,29). The average Bonchev–Trinajstić information content (AvgIpc) is 3.13. The van der Waals surface area contributed by atoms with Gasteiger partial charge in [-0.2, -0.15) is 0 Å². The number of amides is 2. The lowest BCUT2D eigenvalue weighted by atomic mass is 10.1. The third-order valence-corrected chi connectivity index (χ3v) is 4.98. The van der Waals surface area contributed by atoms with Crippen molar-refractivity contribution in [1.82, 2.24) is 4.90 Å². The van der Waals surface area contributed by atoms with Crippen LogP contribution in [0.5, 0.6) is 0 Å². The number of nitrogens with zero attached hydrogens (tertiary/aromatic N) is 1. The molecule has 0 bridgehead atoms. The van der Waals surface area contributed by atoms with Crippen LogP contribution in [-0.4, -0.2) is 42.4 Å². The summed E-state index contributed by atoms with van der Waals surface area (Å²) in [5.41, 5.74) is 2.66. The topological polar surface area (TPSA) is 75.7 Å². The first kappa shape index (κ1) is 21.3. The number of esters is 1. The van der Waals surface area contributed by atoms with Crippen LogP contribution in [0.2, 0.25) is 0 Å². The van der Waals surface area contributed by atoms with Crippen molar-refractivity contribution in [2.24, 2.45) is 5.92 Å². The largest absolute Gasteiger partial charge is 0.463 e. The van der Waals surface area contributed by atoms with E-state index in [0.29, 0.717) is 25.4 Å². The smallest absolute Gasteiger partial charge is 0.330 e. The second-order valence-electron chi connectivity index (χ2n) is 7.17. The Hall–Kier alpha value is -3.41. The molecule has 0 aromatic heterocycles. The molecule has 0 aliphatic carbocycles. The molecular formula is C24H26N2O4. The van der Waals surface area contributed by atoms with Gasteiger partial charge in [0.15, 0.2) is 0 Å². The van der Waals surface area contributed by atoms with E-state index < -0.39 is 5.97 Å². The van der Waals surface area contributed by atoms with E-state index in [9.17, 15) is 14.4 Å². The molecule has 1 atom stereocenters. The maximum atomic E-state index is 12.6. The van der Waals surface area contributed by atoms with Crippen molar-refractivity contribution in [2.75, 3.05) is 25.0 Å². The first-order valence-electron chi connectivity index (χ1n) is 10.1. The third kappa shape index (κ3) is 6.04. The highest BCUT2D eigenvalue weighted by Crippen LogP contribution is 2.21. The summed E-state index contributed by atoms with van der Waals surface area (Å²) < 4.78 is 4.84. The quantitative estimate of drug-likeness (QED) is 0.539. The number of rotatable bonds is 8. The molecule has 156 valence electrons. The lowest BCUT2D eigenvalue weighted by molar-refractivity contribution is -0.137. The fourth-order valence-electron chi connectivity index (χ4n) is 3.35. The Morgan fingerprint density at radius 2 is 1.87 bits per heavy atom. The number of carbonyl (C=O) groups is 3. The third-order valence-electron chi connectivity index (χ3n) is 4.98. The molecule has 30 heavy (non-hydrogen) atoms. The van der Waals surface area contributed by atoms with Crippen LogP contribution in [0.1, 0.15) is 24.5 Å². The highest BCUT2D eigenvalue weighted by Gasteiger charge is 2.33. The summed E-state index contributed by atoms with van der Waals surface area (Å²) >= 11 is 0. The number of benzene rings is 2. The summed E-state index contributed by atoms with van der Waals surface area (Å²) in [6, 6.07) is 17.2. The van der Waals surface area contributed by atoms with E-state index in [1.54, 1.807) is 42.2 Å². The molecule has 0 saturated carbocycles. The molecule has 2 amide bonds. The number of likely N-dealkylation sites (tertiary alicyclic amines) is 1. The molecule has 6 nitrogen and oxygen atoms in total. The average molecular weight is 406 g/mol. The number of hydrogen-bond donors (Lipinski definition) is 1. The normalized spacial score (nSPS) is 16.1. The highest BCUT2D eigenvalue weighted by molar-refractivity contribution is 5.97. The van der Waals surface area contributed by atoms with Crippen molar-refractivity contribution in [3.8, 4) is 0 Å². The van der Waals surface area contributed by atoms with Crippen LogP contribution in [0.25, 0.3) is 6.08 Å². The molecule has 0 spiro atoms. The van der Waals surface area contributed by atoms with E-state index in [0.717, 1.165) is 12.0 Å². The summed E-state index contributed by atoms with van der Waals surface area (Å²) in [7, 11) is 0. The van der Waals surface area contributed by atoms with Gasteiger partial charge >= 0.3 is 5.97 Å². The zero-order valence-corrected chi connectivity index (χ0v) is 17.0. The van der Waals surface area contributed by atoms with Crippen LogP contribution in [-0.2, 0) is 25.5 Å². The van der Waals surface area contributed by atoms with Crippen LogP contribution in [0.4, 0.5) is 5.69 Å². The van der Waals surface area contributed by atoms with E-state index in [2.05, 4.69) is 5.32 Å². The Bertz CT molecular complexity index is 907. The van der Waals surface area contributed by atoms with Gasteiger partial charge in [-0.3, -0.25) is 9.59 Å². The van der Waals surface area contributed by atoms with E-state index in [1.165, 1.54) is 11.6 Å². The Kier molecular flexibility index (Phi) is 7.38. The molecule has 2 aromatic carbocycles. The molecule has 1 saturated heterocycles. The zero-order valence-electron chi connectivity index (χ0n) is 17.0. The van der Waals surface area contributed by atoms with Crippen molar-refractivity contribution >= 4 is 29.5 Å². The lowest BCUT2D eigenvalue weighted by Gasteiger charge is -2.16. The van der Waals surface area contributed by atoms with E-state index in [-0.39, 0.29) is 24.2 Å². The van der Waals surface area contributed by atoms with E-state index >= 15 is 0 Å². The summed E-state index contributed by atoms with van der Waals surface area (Å²) in [5, 5.41) is 2.88. The van der Waals surface area contributed by atoms with E-state index in [1.807, 2.05) is 30.3 Å². The SMILES string of the molecule is CCOC(=O)C=Cc1ccc(NC(=O)C2CC(=O)N(CCc3ccccc3)C2)cc1. The fraction of sp³-hybridized carbons (Fsp3) is 0.292. The molecule has 1 unspecified atom stereocenters. The molecule has 1 heterocycles. The first-order valence-corrected chi connectivity index (χ1v) is 10.1. The first-order chi connectivity index (χ1) is 14.5. The van der Waals surface area contributed by atoms with Gasteiger partial charge in [0.1, 0.15) is 0 Å². The summed E-state index contributed by atoms with van der Waals surface area (Å²) in [6.07, 6.45) is 4.04. The summed E-state index contributed by atoms with van der Waals surface area (Å²) in [5.74, 6) is -0.875. The van der Waals surface area contributed by atoms with E-state index in [4.69, 9.17) is 4.74 Å². The van der Waals surface area contributed by atoms with Gasteiger partial charge in [0, 0.05) is 31.3 Å². The zero-order chi connectivity index (χ0) is 21.3. The molecule has 1 aliphatic rings. The second-order valence-corrected chi connectivity index (χ2v) is 7.17. The van der Waals surface area contributed by atoms with Gasteiger partial charge in [-0.15, -0.1) is 0 Å². The van der Waals surface area contributed by atoms with Gasteiger partial charge in [0.2, 0.25) is 11.8 Å². The van der Waals surface area contributed by atoms with Crippen LogP contribution >= 0.6 is 0 Å². The van der Waals surface area contributed by atoms with Gasteiger partial charge in [0.05, 0.1) is 12.5 Å². The van der Waals surface area contributed by atoms with Gasteiger partial charge in [0.25, 0.3) is 0 Å². The molecule has 1 aliphatic heterocycles. The van der Waals surface area contributed by atoms with Gasteiger partial charge in [-0.1, -0.05) is 42.5 Å². The molecule has 1 N–H and O–H groups in total. The Morgan fingerprint density at radius 1 is 1.13 bits per heavy atom. The minimum Gasteiger partial charge on any atom is -0.463 e. The molecular weight excluding hydrogens is 380 g/mol. The number of anilines is 1. The minimum absolute atomic E-state index is 0.0190.